The van der Waals surface area contributed by atoms with Crippen molar-refractivity contribution in [1.29, 1.82) is 0 Å². The molecule has 1 rings (SSSR count). The highest BCUT2D eigenvalue weighted by molar-refractivity contribution is 6.32. The summed E-state index contributed by atoms with van der Waals surface area (Å²) in [7, 11) is 1.60. The number of hydrogen-bond donors (Lipinski definition) is 1. The molecule has 0 spiro atoms. The molecule has 0 aliphatic carbocycles. The minimum atomic E-state index is -0.476. The van der Waals surface area contributed by atoms with E-state index in [0.29, 0.717) is 18.0 Å². The summed E-state index contributed by atoms with van der Waals surface area (Å²) in [6, 6.07) is 5.50. The first kappa shape index (κ1) is 17.4. The monoisotopic (exact) mass is 311 g/mol. The normalized spacial score (nSPS) is 11.5. The summed E-state index contributed by atoms with van der Waals surface area (Å²) in [5, 5.41) is 3.32. The van der Waals surface area contributed by atoms with E-state index in [9.17, 15) is 4.79 Å². The van der Waals surface area contributed by atoms with Gasteiger partial charge >= 0.3 is 6.09 Å². The highest BCUT2D eigenvalue weighted by Crippen LogP contribution is 2.23. The van der Waals surface area contributed by atoms with Crippen molar-refractivity contribution in [3.05, 3.63) is 34.9 Å². The highest BCUT2D eigenvalue weighted by atomic mass is 35.5. The maximum absolute atomic E-state index is 11.4. The Balaban J connectivity index is 2.37. The van der Waals surface area contributed by atoms with E-state index in [1.54, 1.807) is 13.2 Å². The Labute approximate surface area is 131 Å². The fourth-order valence-electron chi connectivity index (χ4n) is 1.55. The Morgan fingerprint density at radius 2 is 2.10 bits per heavy atom. The third-order valence-electron chi connectivity index (χ3n) is 2.48. The number of alkyl carbamates (subject to hydrolysis) is 1. The van der Waals surface area contributed by atoms with E-state index in [0.717, 1.165) is 11.3 Å². The van der Waals surface area contributed by atoms with E-state index >= 15 is 0 Å². The molecule has 0 atom stereocenters. The van der Waals surface area contributed by atoms with Crippen LogP contribution in [-0.4, -0.2) is 25.3 Å². The zero-order valence-corrected chi connectivity index (χ0v) is 13.7. The fourth-order valence-corrected chi connectivity index (χ4v) is 1.79. The summed E-state index contributed by atoms with van der Waals surface area (Å²) >= 11 is 6.12. The molecule has 1 N–H and O–H groups in total. The average Bonchev–Trinajstić information content (AvgIpc) is 2.37. The molecule has 1 aromatic rings. The van der Waals surface area contributed by atoms with Crippen molar-refractivity contribution in [2.24, 2.45) is 0 Å². The van der Waals surface area contributed by atoms with E-state index in [1.165, 1.54) is 0 Å². The lowest BCUT2D eigenvalue weighted by molar-refractivity contribution is 0.0529. The van der Waals surface area contributed by atoms with Gasteiger partial charge in [-0.15, -0.1) is 0 Å². The van der Waals surface area contributed by atoms with Crippen molar-refractivity contribution >= 4 is 23.8 Å². The van der Waals surface area contributed by atoms with E-state index in [4.69, 9.17) is 21.1 Å². The van der Waals surface area contributed by atoms with Crippen molar-refractivity contribution in [3.8, 4) is 5.75 Å². The zero-order chi connectivity index (χ0) is 15.9. The molecule has 0 heterocycles. The Morgan fingerprint density at radius 3 is 2.67 bits per heavy atom. The molecule has 21 heavy (non-hydrogen) atoms. The topological polar surface area (TPSA) is 47.6 Å². The van der Waals surface area contributed by atoms with Crippen molar-refractivity contribution in [3.63, 3.8) is 0 Å². The molecular weight excluding hydrogens is 290 g/mol. The minimum absolute atomic E-state index is 0.404. The molecule has 1 amide bonds. The van der Waals surface area contributed by atoms with Gasteiger partial charge in [0.05, 0.1) is 12.1 Å². The van der Waals surface area contributed by atoms with Crippen LogP contribution in [0.3, 0.4) is 0 Å². The molecule has 4 nitrogen and oxygen atoms in total. The third kappa shape index (κ3) is 7.04. The second kappa shape index (κ2) is 7.93. The number of benzene rings is 1. The Hall–Kier alpha value is -1.68. The lowest BCUT2D eigenvalue weighted by atomic mass is 10.2. The van der Waals surface area contributed by atoms with Crippen LogP contribution in [0, 0.1) is 0 Å². The molecule has 0 aliphatic heterocycles. The highest BCUT2D eigenvalue weighted by Gasteiger charge is 2.15. The van der Waals surface area contributed by atoms with Gasteiger partial charge in [-0.1, -0.05) is 23.8 Å². The summed E-state index contributed by atoms with van der Waals surface area (Å²) in [6.45, 7) is 6.01. The van der Waals surface area contributed by atoms with Gasteiger partial charge < -0.3 is 14.8 Å². The molecule has 5 heteroatoms. The van der Waals surface area contributed by atoms with Gasteiger partial charge in [-0.05, 0) is 51.0 Å². The summed E-state index contributed by atoms with van der Waals surface area (Å²) < 4.78 is 10.2. The van der Waals surface area contributed by atoms with Crippen molar-refractivity contribution in [2.75, 3.05) is 13.7 Å². The molecule has 0 radical (unpaired) electrons. The number of ether oxygens (including phenoxy) is 2. The summed E-state index contributed by atoms with van der Waals surface area (Å²) in [5.41, 5.74) is 0.436. The zero-order valence-electron chi connectivity index (χ0n) is 12.9. The molecule has 0 aliphatic rings. The lowest BCUT2D eigenvalue weighted by Gasteiger charge is -2.19. The fraction of sp³-hybridized carbons (Fsp3) is 0.438. The van der Waals surface area contributed by atoms with Crippen LogP contribution >= 0.6 is 11.6 Å². The molecule has 1 aromatic carbocycles. The van der Waals surface area contributed by atoms with Crippen molar-refractivity contribution < 1.29 is 14.3 Å². The van der Waals surface area contributed by atoms with E-state index in [-0.39, 0.29) is 0 Å². The van der Waals surface area contributed by atoms with Crippen LogP contribution in [0.4, 0.5) is 4.79 Å². The molecule has 116 valence electrons. The number of carbonyl (C=O) groups is 1. The number of amides is 1. The van der Waals surface area contributed by atoms with Gasteiger partial charge in [-0.2, -0.15) is 0 Å². The van der Waals surface area contributed by atoms with Crippen LogP contribution < -0.4 is 10.1 Å². The molecule has 0 unspecified atom stereocenters. The first-order valence-corrected chi connectivity index (χ1v) is 7.16. The standard InChI is InChI=1S/C16H22ClNO3/c1-16(2,3)21-15(19)18-10-6-5-7-12-8-9-13(20-4)11-14(12)17/h5,7-9,11H,6,10H2,1-4H3,(H,18,19). The number of hydrogen-bond acceptors (Lipinski definition) is 3. The molecular formula is C16H22ClNO3. The van der Waals surface area contributed by atoms with Gasteiger partial charge in [0, 0.05) is 6.54 Å². The molecule has 0 bridgehead atoms. The van der Waals surface area contributed by atoms with Crippen molar-refractivity contribution in [2.45, 2.75) is 32.8 Å². The summed E-state index contributed by atoms with van der Waals surface area (Å²) in [4.78, 5) is 11.4. The number of rotatable bonds is 5. The van der Waals surface area contributed by atoms with Crippen LogP contribution in [0.2, 0.25) is 5.02 Å². The SMILES string of the molecule is COc1ccc(C=CCCNC(=O)OC(C)(C)C)c(Cl)c1. The molecule has 0 aromatic heterocycles. The van der Waals surface area contributed by atoms with Crippen LogP contribution in [0.15, 0.2) is 24.3 Å². The number of carbonyl (C=O) groups excluding carboxylic acids is 1. The quantitative estimate of drug-likeness (QED) is 0.826. The Bertz CT molecular complexity index is 507. The van der Waals surface area contributed by atoms with Gasteiger partial charge in [0.2, 0.25) is 0 Å². The number of methoxy groups -OCH3 is 1. The van der Waals surface area contributed by atoms with E-state index in [2.05, 4.69) is 5.32 Å². The van der Waals surface area contributed by atoms with Gasteiger partial charge in [-0.25, -0.2) is 4.79 Å². The maximum Gasteiger partial charge on any atom is 0.407 e. The Kier molecular flexibility index (Phi) is 6.56. The van der Waals surface area contributed by atoms with Crippen LogP contribution in [0.5, 0.6) is 5.75 Å². The minimum Gasteiger partial charge on any atom is -0.497 e. The first-order valence-electron chi connectivity index (χ1n) is 6.79. The molecule has 0 saturated heterocycles. The van der Waals surface area contributed by atoms with Crippen molar-refractivity contribution in [1.82, 2.24) is 5.32 Å². The second-order valence-electron chi connectivity index (χ2n) is 5.51. The average molecular weight is 312 g/mol. The first-order chi connectivity index (χ1) is 9.81. The predicted molar refractivity (Wildman–Crippen MR) is 85.9 cm³/mol. The summed E-state index contributed by atoms with van der Waals surface area (Å²) in [5.74, 6) is 0.726. The van der Waals surface area contributed by atoms with Gasteiger partial charge in [0.15, 0.2) is 0 Å². The lowest BCUT2D eigenvalue weighted by Crippen LogP contribution is -2.32. The smallest absolute Gasteiger partial charge is 0.407 e. The predicted octanol–water partition coefficient (Wildman–Crippen LogP) is 4.28. The molecule has 0 saturated carbocycles. The van der Waals surface area contributed by atoms with Gasteiger partial charge in [-0.3, -0.25) is 0 Å². The number of nitrogens with one attached hydrogen (secondary N) is 1. The van der Waals surface area contributed by atoms with Crippen LogP contribution in [-0.2, 0) is 4.74 Å². The maximum atomic E-state index is 11.4. The third-order valence-corrected chi connectivity index (χ3v) is 2.81. The molecule has 0 fully saturated rings. The Morgan fingerprint density at radius 1 is 1.38 bits per heavy atom. The largest absolute Gasteiger partial charge is 0.497 e. The second-order valence-corrected chi connectivity index (χ2v) is 5.91. The van der Waals surface area contributed by atoms with E-state index in [1.807, 2.05) is 45.1 Å². The van der Waals surface area contributed by atoms with Gasteiger partial charge in [0.1, 0.15) is 11.4 Å². The van der Waals surface area contributed by atoms with Crippen LogP contribution in [0.1, 0.15) is 32.8 Å². The number of halogens is 1. The summed E-state index contributed by atoms with van der Waals surface area (Å²) in [6.07, 6.45) is 4.16. The van der Waals surface area contributed by atoms with Gasteiger partial charge in [0.25, 0.3) is 0 Å². The van der Waals surface area contributed by atoms with E-state index < -0.39 is 11.7 Å². The van der Waals surface area contributed by atoms with Crippen LogP contribution in [0.25, 0.3) is 6.08 Å².